The lowest BCUT2D eigenvalue weighted by Gasteiger charge is -2.47. The van der Waals surface area contributed by atoms with E-state index in [1.807, 2.05) is 62.3 Å². The highest BCUT2D eigenvalue weighted by atomic mass is 16.7. The van der Waals surface area contributed by atoms with Crippen molar-refractivity contribution in [3.05, 3.63) is 42.0 Å². The smallest absolute Gasteiger partial charge is 0.408 e. The molecule has 13 atom stereocenters. The third-order valence-corrected chi connectivity index (χ3v) is 11.7. The molecule has 0 saturated carbocycles. The monoisotopic (exact) mass is 728 g/mol. The van der Waals surface area contributed by atoms with Gasteiger partial charge in [0.1, 0.15) is 23.4 Å². The van der Waals surface area contributed by atoms with Crippen LogP contribution < -0.4 is 5.32 Å². The first-order chi connectivity index (χ1) is 24.3. The number of carbonyl (C=O) groups is 4. The van der Waals surface area contributed by atoms with Crippen LogP contribution in [0, 0.1) is 23.2 Å². The minimum atomic E-state index is -1.74. The van der Waals surface area contributed by atoms with Gasteiger partial charge in [0.25, 0.3) is 0 Å². The van der Waals surface area contributed by atoms with Crippen molar-refractivity contribution in [3.63, 3.8) is 0 Å². The van der Waals surface area contributed by atoms with Gasteiger partial charge in [-0.1, -0.05) is 70.2 Å². The predicted molar refractivity (Wildman–Crippen MR) is 195 cm³/mol. The molecule has 3 aliphatic rings. The maximum Gasteiger partial charge on any atom is 0.408 e. The zero-order valence-corrected chi connectivity index (χ0v) is 32.7. The molecule has 4 rings (SSSR count). The molecule has 0 aliphatic carbocycles. The van der Waals surface area contributed by atoms with E-state index in [-0.39, 0.29) is 37.2 Å². The Kier molecular flexibility index (Phi) is 13.2. The number of allylic oxidation sites excluding steroid dienone is 1. The Morgan fingerprint density at radius 2 is 1.67 bits per heavy atom. The van der Waals surface area contributed by atoms with Crippen LogP contribution in [-0.4, -0.2) is 109 Å². The number of alkyl carbamates (subject to hydrolysis) is 1. The topological polar surface area (TPSA) is 150 Å². The van der Waals surface area contributed by atoms with E-state index < -0.39 is 82.9 Å². The van der Waals surface area contributed by atoms with E-state index in [1.54, 1.807) is 54.5 Å². The highest BCUT2D eigenvalue weighted by molar-refractivity contribution is 6.05. The molecule has 0 aromatic heterocycles. The van der Waals surface area contributed by atoms with Crippen LogP contribution in [-0.2, 0) is 38.1 Å². The van der Waals surface area contributed by atoms with Crippen LogP contribution in [0.15, 0.2) is 36.4 Å². The van der Waals surface area contributed by atoms with Gasteiger partial charge in [-0.15, -0.1) is 0 Å². The number of hydrogen-bond donors (Lipinski definition) is 2. The molecule has 1 aromatic carbocycles. The second-order valence-electron chi connectivity index (χ2n) is 15.9. The van der Waals surface area contributed by atoms with Crippen LogP contribution in [0.25, 0.3) is 6.08 Å². The molecule has 0 radical (unpaired) electrons. The van der Waals surface area contributed by atoms with Gasteiger partial charge in [0.05, 0.1) is 23.9 Å². The van der Waals surface area contributed by atoms with Crippen molar-refractivity contribution >= 4 is 29.7 Å². The Bertz CT molecular complexity index is 1470. The molecule has 3 aliphatic heterocycles. The molecule has 1 unspecified atom stereocenters. The van der Waals surface area contributed by atoms with Gasteiger partial charge in [0.15, 0.2) is 17.7 Å². The number of ketones is 2. The Morgan fingerprint density at radius 3 is 2.27 bits per heavy atom. The number of benzene rings is 1. The number of amides is 1. The van der Waals surface area contributed by atoms with Crippen LogP contribution >= 0.6 is 0 Å². The van der Waals surface area contributed by atoms with Crippen molar-refractivity contribution in [2.24, 2.45) is 23.2 Å². The van der Waals surface area contributed by atoms with Crippen LogP contribution in [0.4, 0.5) is 4.79 Å². The third-order valence-electron chi connectivity index (χ3n) is 11.7. The van der Waals surface area contributed by atoms with E-state index in [0.29, 0.717) is 6.42 Å². The number of nitrogens with zero attached hydrogens (tertiary/aromatic N) is 1. The minimum absolute atomic E-state index is 0.0114. The van der Waals surface area contributed by atoms with E-state index in [4.69, 9.17) is 23.7 Å². The number of methoxy groups -OCH3 is 1. The average molecular weight is 729 g/mol. The summed E-state index contributed by atoms with van der Waals surface area (Å²) < 4.78 is 31.1. The van der Waals surface area contributed by atoms with Crippen molar-refractivity contribution in [3.8, 4) is 0 Å². The number of carbonyl (C=O) groups excluding carboxylic acids is 4. The molecule has 3 saturated heterocycles. The van der Waals surface area contributed by atoms with Crippen LogP contribution in [0.3, 0.4) is 0 Å². The average Bonchev–Trinajstić information content (AvgIpc) is 3.42. The summed E-state index contributed by atoms with van der Waals surface area (Å²) in [6.07, 6.45) is -0.720. The molecule has 0 spiro atoms. The van der Waals surface area contributed by atoms with Gasteiger partial charge in [-0.25, -0.2) is 4.79 Å². The van der Waals surface area contributed by atoms with Gasteiger partial charge in [-0.3, -0.25) is 14.4 Å². The molecule has 1 aromatic rings. The van der Waals surface area contributed by atoms with E-state index >= 15 is 4.79 Å². The molecule has 1 amide bonds. The molecule has 0 bridgehead atoms. The van der Waals surface area contributed by atoms with Crippen molar-refractivity contribution in [1.82, 2.24) is 10.2 Å². The summed E-state index contributed by atoms with van der Waals surface area (Å²) in [4.78, 5) is 58.6. The SMILES string of the molecule is CC[C@H]1OC(=O)C(C)(C/C=C/c2ccccc2)C(=O)[C@H](C)[C@@H](O[C@@H]2O[C@H](C)C[C@H](N(C)C)[C@H]2O)[C@@](C)(OC)C[C@@H](C)C(=O)[C@H](C)[C@H]2NC(=O)O[C@@]21C. The lowest BCUT2D eigenvalue weighted by molar-refractivity contribution is -0.295. The number of esters is 1. The standard InChI is InChI=1S/C40H60N2O10/c1-12-29-40(8)32(41-37(47)52-40)25(4)30(43)23(2)22-39(7,48-11)34(51-35-31(44)28(42(9)10)21-24(3)49-35)26(5)33(45)38(6,36(46)50-29)20-16-19-27-17-14-13-15-18-27/h13-19,23-26,28-29,31-32,34-35,44H,12,20-22H2,1-11H3,(H,41,47)/b19-16+/t23-,24-,25+,26+,28+,29-,31-,32-,34-,35+,38?,39+,40-/m1/s1. The largest absolute Gasteiger partial charge is 0.457 e. The number of fused-ring (bicyclic) bond motifs is 1. The number of aliphatic hydroxyl groups is 1. The molecule has 3 heterocycles. The predicted octanol–water partition coefficient (Wildman–Crippen LogP) is 4.95. The Labute approximate surface area is 308 Å². The quantitative estimate of drug-likeness (QED) is 0.277. The summed E-state index contributed by atoms with van der Waals surface area (Å²) in [6, 6.07) is 8.41. The maximum absolute atomic E-state index is 15.1. The summed E-state index contributed by atoms with van der Waals surface area (Å²) in [5.74, 6) is -3.84. The Hall–Kier alpha value is -3.16. The number of ether oxygens (including phenoxy) is 5. The first kappa shape index (κ1) is 41.6. The van der Waals surface area contributed by atoms with E-state index in [9.17, 15) is 19.5 Å². The number of nitrogens with one attached hydrogen (secondary N) is 1. The van der Waals surface area contributed by atoms with Crippen LogP contribution in [0.1, 0.15) is 86.6 Å². The van der Waals surface area contributed by atoms with E-state index in [0.717, 1.165) is 5.56 Å². The number of aliphatic hydroxyl groups excluding tert-OH is 1. The summed E-state index contributed by atoms with van der Waals surface area (Å²) in [5.41, 5.74) is -3.54. The second kappa shape index (κ2) is 16.5. The second-order valence-corrected chi connectivity index (χ2v) is 15.9. The van der Waals surface area contributed by atoms with Crippen molar-refractivity contribution in [1.29, 1.82) is 0 Å². The minimum Gasteiger partial charge on any atom is -0.457 e. The Balaban J connectivity index is 1.87. The lowest BCUT2D eigenvalue weighted by Crippen LogP contribution is -2.61. The Morgan fingerprint density at radius 1 is 1.02 bits per heavy atom. The lowest BCUT2D eigenvalue weighted by atomic mass is 9.70. The molecular weight excluding hydrogens is 668 g/mol. The zero-order valence-electron chi connectivity index (χ0n) is 32.7. The normalized spacial score (nSPS) is 40.9. The van der Waals surface area contributed by atoms with Crippen molar-refractivity contribution in [2.75, 3.05) is 21.2 Å². The van der Waals surface area contributed by atoms with Crippen LogP contribution in [0.5, 0.6) is 0 Å². The third kappa shape index (κ3) is 8.31. The highest BCUT2D eigenvalue weighted by Crippen LogP contribution is 2.42. The fourth-order valence-electron chi connectivity index (χ4n) is 8.46. The number of likely N-dealkylation sites (N-methyl/N-ethyl adjacent to an activating group) is 1. The number of rotatable bonds is 8. The fourth-order valence-corrected chi connectivity index (χ4v) is 8.46. The molecule has 2 N–H and O–H groups in total. The fraction of sp³-hybridized carbons (Fsp3) is 0.700. The van der Waals surface area contributed by atoms with Gasteiger partial charge in [-0.2, -0.15) is 0 Å². The van der Waals surface area contributed by atoms with Crippen molar-refractivity contribution < 1.29 is 48.0 Å². The highest BCUT2D eigenvalue weighted by Gasteiger charge is 2.59. The number of hydrogen-bond acceptors (Lipinski definition) is 11. The van der Waals surface area contributed by atoms with Gasteiger partial charge < -0.3 is 39.0 Å². The molecular formula is C40H60N2O10. The van der Waals surface area contributed by atoms with Crippen molar-refractivity contribution in [2.45, 2.75) is 135 Å². The molecule has 12 nitrogen and oxygen atoms in total. The number of cyclic esters (lactones) is 1. The first-order valence-electron chi connectivity index (χ1n) is 18.5. The van der Waals surface area contributed by atoms with Gasteiger partial charge in [0, 0.05) is 30.9 Å². The summed E-state index contributed by atoms with van der Waals surface area (Å²) in [5, 5.41) is 14.3. The molecule has 12 heteroatoms. The summed E-state index contributed by atoms with van der Waals surface area (Å²) >= 11 is 0. The molecule has 3 fully saturated rings. The zero-order chi connectivity index (χ0) is 38.8. The molecule has 290 valence electrons. The first-order valence-corrected chi connectivity index (χ1v) is 18.5. The van der Waals surface area contributed by atoms with Gasteiger partial charge in [-0.05, 0) is 73.0 Å². The van der Waals surface area contributed by atoms with E-state index in [2.05, 4.69) is 5.32 Å². The summed E-state index contributed by atoms with van der Waals surface area (Å²) in [6.45, 7) is 13.9. The van der Waals surface area contributed by atoms with Crippen LogP contribution in [0.2, 0.25) is 0 Å². The van der Waals surface area contributed by atoms with E-state index in [1.165, 1.54) is 7.11 Å². The van der Waals surface area contributed by atoms with Gasteiger partial charge in [0.2, 0.25) is 0 Å². The number of Topliss-reactive ketones (excluding diaryl/α,β-unsaturated/α-hetero) is 2. The van der Waals surface area contributed by atoms with Gasteiger partial charge >= 0.3 is 12.1 Å². The maximum atomic E-state index is 15.1. The molecule has 52 heavy (non-hydrogen) atoms. The summed E-state index contributed by atoms with van der Waals surface area (Å²) in [7, 11) is 5.23.